The minimum Gasteiger partial charge on any atom is -0.322 e. The topological polar surface area (TPSA) is 76.4 Å². The van der Waals surface area contributed by atoms with E-state index in [2.05, 4.69) is 11.4 Å². The second kappa shape index (κ2) is 9.49. The zero-order valence-corrected chi connectivity index (χ0v) is 17.6. The van der Waals surface area contributed by atoms with Crippen molar-refractivity contribution in [1.29, 1.82) is 5.26 Å². The van der Waals surface area contributed by atoms with Crippen molar-refractivity contribution in [3.63, 3.8) is 0 Å². The molecule has 1 N–H and O–H groups in total. The summed E-state index contributed by atoms with van der Waals surface area (Å²) >= 11 is 0. The maximum absolute atomic E-state index is 13.9. The third-order valence-corrected chi connectivity index (χ3v) is 5.37. The number of urea groups is 1. The van der Waals surface area contributed by atoms with Crippen LogP contribution in [0.5, 0.6) is 0 Å². The largest absolute Gasteiger partial charge is 0.324 e. The van der Waals surface area contributed by atoms with E-state index < -0.39 is 23.1 Å². The van der Waals surface area contributed by atoms with E-state index >= 15 is 0 Å². The minimum absolute atomic E-state index is 0.186. The van der Waals surface area contributed by atoms with Gasteiger partial charge in [0.15, 0.2) is 0 Å². The van der Waals surface area contributed by atoms with Crippen molar-refractivity contribution in [2.24, 2.45) is 0 Å². The van der Waals surface area contributed by atoms with E-state index in [1.807, 2.05) is 12.1 Å². The number of carbonyl (C=O) groups is 2. The molecule has 3 aromatic carbocycles. The van der Waals surface area contributed by atoms with E-state index in [4.69, 9.17) is 5.26 Å². The highest BCUT2D eigenvalue weighted by Gasteiger charge is 2.27. The van der Waals surface area contributed by atoms with Crippen molar-refractivity contribution in [1.82, 2.24) is 4.90 Å². The lowest BCUT2D eigenvalue weighted by molar-refractivity contribution is 0.101. The first-order valence-electron chi connectivity index (χ1n) is 10.4. The lowest BCUT2D eigenvalue weighted by Gasteiger charge is -2.36. The molecule has 166 valence electrons. The second-order valence-corrected chi connectivity index (χ2v) is 7.62. The molecule has 0 aliphatic carbocycles. The number of nitriles is 1. The SMILES string of the molecule is N#Cc1ccc(CN2CCCN(c3cccc(NC(=O)c4c(F)cccc4F)c3)C2=O)cc1. The Labute approximate surface area is 189 Å². The predicted octanol–water partition coefficient (Wildman–Crippen LogP) is 4.92. The number of rotatable bonds is 5. The van der Waals surface area contributed by atoms with Gasteiger partial charge in [-0.3, -0.25) is 9.69 Å². The second-order valence-electron chi connectivity index (χ2n) is 7.62. The number of hydrogen-bond acceptors (Lipinski definition) is 3. The van der Waals surface area contributed by atoms with E-state index in [1.54, 1.807) is 46.2 Å². The summed E-state index contributed by atoms with van der Waals surface area (Å²) in [4.78, 5) is 28.8. The molecule has 1 fully saturated rings. The lowest BCUT2D eigenvalue weighted by atomic mass is 10.1. The molecular weight excluding hydrogens is 426 g/mol. The summed E-state index contributed by atoms with van der Waals surface area (Å²) in [6.07, 6.45) is 0.749. The Kier molecular flexibility index (Phi) is 6.31. The highest BCUT2D eigenvalue weighted by Crippen LogP contribution is 2.25. The number of halogens is 2. The number of carbonyl (C=O) groups excluding carboxylic acids is 2. The summed E-state index contributed by atoms with van der Waals surface area (Å²) in [6, 6.07) is 18.8. The van der Waals surface area contributed by atoms with Gasteiger partial charge in [-0.2, -0.15) is 5.26 Å². The highest BCUT2D eigenvalue weighted by atomic mass is 19.1. The first kappa shape index (κ1) is 22.0. The normalized spacial score (nSPS) is 13.5. The molecule has 0 unspecified atom stereocenters. The van der Waals surface area contributed by atoms with Gasteiger partial charge in [0.1, 0.15) is 17.2 Å². The molecule has 0 radical (unpaired) electrons. The molecule has 8 heteroatoms. The number of nitrogens with one attached hydrogen (secondary N) is 1. The molecule has 1 heterocycles. The van der Waals surface area contributed by atoms with Crippen LogP contribution in [0.15, 0.2) is 66.7 Å². The van der Waals surface area contributed by atoms with Gasteiger partial charge in [-0.05, 0) is 54.4 Å². The average molecular weight is 446 g/mol. The van der Waals surface area contributed by atoms with E-state index in [0.717, 1.165) is 24.1 Å². The maximum Gasteiger partial charge on any atom is 0.324 e. The Morgan fingerprint density at radius 2 is 1.70 bits per heavy atom. The summed E-state index contributed by atoms with van der Waals surface area (Å²) in [7, 11) is 0. The number of amides is 3. The quantitative estimate of drug-likeness (QED) is 0.604. The molecule has 0 aromatic heterocycles. The Morgan fingerprint density at radius 1 is 1.00 bits per heavy atom. The third kappa shape index (κ3) is 4.83. The molecule has 3 amide bonds. The summed E-state index contributed by atoms with van der Waals surface area (Å²) < 4.78 is 27.8. The van der Waals surface area contributed by atoms with E-state index in [-0.39, 0.29) is 6.03 Å². The molecule has 3 aromatic rings. The maximum atomic E-state index is 13.9. The molecule has 0 spiro atoms. The van der Waals surface area contributed by atoms with Crippen LogP contribution in [0, 0.1) is 23.0 Å². The van der Waals surface area contributed by atoms with Crippen LogP contribution in [-0.2, 0) is 6.54 Å². The molecule has 1 aliphatic heterocycles. The Morgan fingerprint density at radius 3 is 2.39 bits per heavy atom. The van der Waals surface area contributed by atoms with Crippen LogP contribution in [0.1, 0.15) is 27.9 Å². The van der Waals surface area contributed by atoms with Crippen molar-refractivity contribution in [3.05, 3.63) is 95.1 Å². The zero-order chi connectivity index (χ0) is 23.4. The first-order chi connectivity index (χ1) is 16.0. The van der Waals surface area contributed by atoms with Gasteiger partial charge in [-0.1, -0.05) is 24.3 Å². The van der Waals surface area contributed by atoms with Gasteiger partial charge in [-0.25, -0.2) is 13.6 Å². The lowest BCUT2D eigenvalue weighted by Crippen LogP contribution is -2.49. The van der Waals surface area contributed by atoms with E-state index in [0.29, 0.717) is 36.6 Å². The van der Waals surface area contributed by atoms with E-state index in [1.165, 1.54) is 6.07 Å². The fourth-order valence-electron chi connectivity index (χ4n) is 3.73. The average Bonchev–Trinajstić information content (AvgIpc) is 2.81. The van der Waals surface area contributed by atoms with Gasteiger partial charge < -0.3 is 10.2 Å². The molecule has 1 saturated heterocycles. The van der Waals surface area contributed by atoms with Crippen LogP contribution in [0.2, 0.25) is 0 Å². The molecule has 0 atom stereocenters. The summed E-state index contributed by atoms with van der Waals surface area (Å²) in [6.45, 7) is 1.50. The van der Waals surface area contributed by atoms with E-state index in [9.17, 15) is 18.4 Å². The number of hydrogen-bond donors (Lipinski definition) is 1. The van der Waals surface area contributed by atoms with Crippen molar-refractivity contribution in [3.8, 4) is 6.07 Å². The van der Waals surface area contributed by atoms with Crippen LogP contribution in [0.4, 0.5) is 25.0 Å². The van der Waals surface area contributed by atoms with Gasteiger partial charge >= 0.3 is 6.03 Å². The molecule has 1 aliphatic rings. The zero-order valence-electron chi connectivity index (χ0n) is 17.6. The molecular formula is C25H20F2N4O2. The Balaban J connectivity index is 1.49. The smallest absolute Gasteiger partial charge is 0.322 e. The molecule has 33 heavy (non-hydrogen) atoms. The van der Waals surface area contributed by atoms with Crippen molar-refractivity contribution >= 4 is 23.3 Å². The standard InChI is InChI=1S/C25H20F2N4O2/c26-21-6-2-7-22(27)23(21)24(32)29-19-4-1-5-20(14-19)31-13-3-12-30(25(31)33)16-18-10-8-17(15-28)9-11-18/h1-2,4-11,14H,3,12-13,16H2,(H,29,32). The van der Waals surface area contributed by atoms with Crippen LogP contribution in [0.3, 0.4) is 0 Å². The van der Waals surface area contributed by atoms with Crippen LogP contribution in [0.25, 0.3) is 0 Å². The summed E-state index contributed by atoms with van der Waals surface area (Å²) in [5, 5.41) is 11.4. The molecule has 4 rings (SSSR count). The Bertz CT molecular complexity index is 1220. The summed E-state index contributed by atoms with van der Waals surface area (Å²) in [5.74, 6) is -2.81. The van der Waals surface area contributed by atoms with Crippen LogP contribution >= 0.6 is 0 Å². The van der Waals surface area contributed by atoms with Crippen molar-refractivity contribution in [2.45, 2.75) is 13.0 Å². The minimum atomic E-state index is -0.951. The molecule has 0 saturated carbocycles. The van der Waals surface area contributed by atoms with Gasteiger partial charge in [0.2, 0.25) is 0 Å². The summed E-state index contributed by atoms with van der Waals surface area (Å²) in [5.41, 5.74) is 1.69. The fourth-order valence-corrected chi connectivity index (χ4v) is 3.73. The number of nitrogens with zero attached hydrogens (tertiary/aromatic N) is 3. The van der Waals surface area contributed by atoms with Gasteiger partial charge in [0, 0.05) is 31.0 Å². The van der Waals surface area contributed by atoms with Crippen molar-refractivity contribution in [2.75, 3.05) is 23.3 Å². The molecule has 0 bridgehead atoms. The third-order valence-electron chi connectivity index (χ3n) is 5.37. The monoisotopic (exact) mass is 446 g/mol. The predicted molar refractivity (Wildman–Crippen MR) is 120 cm³/mol. The van der Waals surface area contributed by atoms with Gasteiger partial charge in [0.05, 0.1) is 11.6 Å². The number of benzene rings is 3. The molecule has 6 nitrogen and oxygen atoms in total. The van der Waals surface area contributed by atoms with Crippen molar-refractivity contribution < 1.29 is 18.4 Å². The first-order valence-corrected chi connectivity index (χ1v) is 10.4. The Hall–Kier alpha value is -4.25. The van der Waals surface area contributed by atoms with Gasteiger partial charge in [0.25, 0.3) is 5.91 Å². The van der Waals surface area contributed by atoms with Gasteiger partial charge in [-0.15, -0.1) is 0 Å². The highest BCUT2D eigenvalue weighted by molar-refractivity contribution is 6.05. The van der Waals surface area contributed by atoms with Crippen LogP contribution < -0.4 is 10.2 Å². The van der Waals surface area contributed by atoms with Crippen LogP contribution in [-0.4, -0.2) is 29.9 Å². The fraction of sp³-hybridized carbons (Fsp3) is 0.160. The number of anilines is 2.